The second kappa shape index (κ2) is 9.49. The van der Waals surface area contributed by atoms with Gasteiger partial charge in [-0.3, -0.25) is 4.79 Å². The summed E-state index contributed by atoms with van der Waals surface area (Å²) in [5, 5.41) is 7.57. The van der Waals surface area contributed by atoms with Crippen LogP contribution >= 0.6 is 0 Å². The van der Waals surface area contributed by atoms with Crippen LogP contribution in [0.2, 0.25) is 0 Å². The molecule has 0 spiro atoms. The monoisotopic (exact) mass is 413 g/mol. The Morgan fingerprint density at radius 1 is 0.968 bits per heavy atom. The van der Waals surface area contributed by atoms with Gasteiger partial charge < -0.3 is 20.4 Å². The first-order valence-corrected chi connectivity index (χ1v) is 10.4. The molecule has 5 nitrogen and oxygen atoms in total. The Morgan fingerprint density at radius 3 is 2.42 bits per heavy atom. The number of H-pyrrole nitrogens is 1. The number of amides is 1. The fourth-order valence-corrected chi connectivity index (χ4v) is 3.79. The number of benzene rings is 3. The van der Waals surface area contributed by atoms with Gasteiger partial charge in [0.25, 0.3) is 0 Å². The molecular formula is C26H27N3O2. The van der Waals surface area contributed by atoms with Crippen LogP contribution < -0.4 is 15.4 Å². The van der Waals surface area contributed by atoms with Gasteiger partial charge in [-0.05, 0) is 48.4 Å². The van der Waals surface area contributed by atoms with E-state index in [4.69, 9.17) is 4.74 Å². The number of rotatable bonds is 8. The number of methoxy groups -OCH3 is 1. The minimum absolute atomic E-state index is 0.0568. The van der Waals surface area contributed by atoms with Crippen molar-refractivity contribution in [2.24, 2.45) is 0 Å². The summed E-state index contributed by atoms with van der Waals surface area (Å²) in [6.07, 6.45) is 2.07. The third kappa shape index (κ3) is 4.78. The van der Waals surface area contributed by atoms with Crippen LogP contribution in [0.25, 0.3) is 10.9 Å². The molecule has 0 aliphatic rings. The molecule has 0 aliphatic heterocycles. The van der Waals surface area contributed by atoms with Crippen LogP contribution in [-0.2, 0) is 4.79 Å². The number of ether oxygens (including phenoxy) is 1. The highest BCUT2D eigenvalue weighted by molar-refractivity contribution is 5.94. The summed E-state index contributed by atoms with van der Waals surface area (Å²) >= 11 is 0. The number of carbonyl (C=O) groups excluding carboxylic acids is 1. The second-order valence-corrected chi connectivity index (χ2v) is 7.60. The maximum atomic E-state index is 12.6. The highest BCUT2D eigenvalue weighted by atomic mass is 16.5. The van der Waals surface area contributed by atoms with Crippen molar-refractivity contribution < 1.29 is 9.53 Å². The van der Waals surface area contributed by atoms with Crippen molar-refractivity contribution >= 4 is 22.5 Å². The molecule has 31 heavy (non-hydrogen) atoms. The molecule has 1 heterocycles. The highest BCUT2D eigenvalue weighted by Crippen LogP contribution is 2.31. The Hall–Kier alpha value is -3.57. The molecule has 4 rings (SSSR count). The first-order chi connectivity index (χ1) is 15.2. The SMILES string of the molecule is COc1ccc([C@@H](CN[C@@H](C)C(=O)Nc2ccccc2)c2c[nH]c3ccccc23)cc1. The van der Waals surface area contributed by atoms with Gasteiger partial charge in [0.15, 0.2) is 0 Å². The fourth-order valence-electron chi connectivity index (χ4n) is 3.79. The van der Waals surface area contributed by atoms with Gasteiger partial charge in [-0.1, -0.05) is 48.5 Å². The van der Waals surface area contributed by atoms with Crippen LogP contribution in [0, 0.1) is 0 Å². The molecule has 1 aromatic heterocycles. The number of hydrogen-bond acceptors (Lipinski definition) is 3. The van der Waals surface area contributed by atoms with Crippen LogP contribution in [0.1, 0.15) is 24.0 Å². The van der Waals surface area contributed by atoms with Gasteiger partial charge in [0.2, 0.25) is 5.91 Å². The lowest BCUT2D eigenvalue weighted by Crippen LogP contribution is -2.40. The third-order valence-corrected chi connectivity index (χ3v) is 5.58. The molecule has 0 saturated heterocycles. The standard InChI is InChI=1S/C26H27N3O2/c1-18(26(30)29-20-8-4-3-5-9-20)27-16-23(19-12-14-21(31-2)15-13-19)24-17-28-25-11-7-6-10-22(24)25/h3-15,17-18,23,27-28H,16H2,1-2H3,(H,29,30)/t18-,23+/m0/s1. The number of hydrogen-bond donors (Lipinski definition) is 3. The van der Waals surface area contributed by atoms with E-state index in [1.165, 1.54) is 10.9 Å². The lowest BCUT2D eigenvalue weighted by Gasteiger charge is -2.21. The molecule has 158 valence electrons. The number of fused-ring (bicyclic) bond motifs is 1. The normalized spacial score (nSPS) is 13.0. The van der Waals surface area contributed by atoms with E-state index in [9.17, 15) is 4.79 Å². The summed E-state index contributed by atoms with van der Waals surface area (Å²) in [7, 11) is 1.67. The molecular weight excluding hydrogens is 386 g/mol. The van der Waals surface area contributed by atoms with Crippen molar-refractivity contribution in [3.8, 4) is 5.75 Å². The van der Waals surface area contributed by atoms with Gasteiger partial charge in [-0.25, -0.2) is 0 Å². The van der Waals surface area contributed by atoms with Crippen LogP contribution in [0.4, 0.5) is 5.69 Å². The van der Waals surface area contributed by atoms with E-state index in [-0.39, 0.29) is 17.9 Å². The third-order valence-electron chi connectivity index (χ3n) is 5.58. The Bertz CT molecular complexity index is 1140. The Labute approximate surface area is 182 Å². The highest BCUT2D eigenvalue weighted by Gasteiger charge is 2.21. The quantitative estimate of drug-likeness (QED) is 0.384. The summed E-state index contributed by atoms with van der Waals surface area (Å²) in [5.74, 6) is 0.845. The number of anilines is 1. The average molecular weight is 414 g/mol. The zero-order valence-corrected chi connectivity index (χ0v) is 17.8. The number of aromatic amines is 1. The number of para-hydroxylation sites is 2. The molecule has 0 fully saturated rings. The van der Waals surface area contributed by atoms with Crippen molar-refractivity contribution in [2.75, 3.05) is 19.0 Å². The van der Waals surface area contributed by atoms with Gasteiger partial charge in [-0.15, -0.1) is 0 Å². The largest absolute Gasteiger partial charge is 0.497 e. The topological polar surface area (TPSA) is 66.2 Å². The van der Waals surface area contributed by atoms with E-state index < -0.39 is 0 Å². The molecule has 3 aromatic carbocycles. The number of nitrogens with one attached hydrogen (secondary N) is 3. The van der Waals surface area contributed by atoms with E-state index in [1.807, 2.05) is 61.5 Å². The zero-order chi connectivity index (χ0) is 21.6. The second-order valence-electron chi connectivity index (χ2n) is 7.60. The van der Waals surface area contributed by atoms with Gasteiger partial charge >= 0.3 is 0 Å². The number of aromatic nitrogens is 1. The molecule has 0 saturated carbocycles. The van der Waals surface area contributed by atoms with Crippen molar-refractivity contribution in [1.29, 1.82) is 0 Å². The van der Waals surface area contributed by atoms with E-state index in [1.54, 1.807) is 7.11 Å². The van der Waals surface area contributed by atoms with E-state index >= 15 is 0 Å². The zero-order valence-electron chi connectivity index (χ0n) is 17.8. The van der Waals surface area contributed by atoms with Crippen LogP contribution in [0.3, 0.4) is 0 Å². The lowest BCUT2D eigenvalue weighted by molar-refractivity contribution is -0.117. The molecule has 0 bridgehead atoms. The predicted octanol–water partition coefficient (Wildman–Crippen LogP) is 4.93. The van der Waals surface area contributed by atoms with Crippen molar-refractivity contribution in [1.82, 2.24) is 10.3 Å². The van der Waals surface area contributed by atoms with Crippen LogP contribution in [0.5, 0.6) is 5.75 Å². The number of carbonyl (C=O) groups is 1. The van der Waals surface area contributed by atoms with E-state index in [0.29, 0.717) is 6.54 Å². The molecule has 0 unspecified atom stereocenters. The molecule has 4 aromatic rings. The summed E-state index contributed by atoms with van der Waals surface area (Å²) in [6.45, 7) is 2.51. The van der Waals surface area contributed by atoms with Gasteiger partial charge in [0.05, 0.1) is 13.2 Å². The molecule has 2 atom stereocenters. The molecule has 0 aliphatic carbocycles. The summed E-state index contributed by atoms with van der Waals surface area (Å²) in [6, 6.07) is 25.6. The van der Waals surface area contributed by atoms with Crippen LogP contribution in [0.15, 0.2) is 85.1 Å². The van der Waals surface area contributed by atoms with E-state index in [2.05, 4.69) is 46.1 Å². The smallest absolute Gasteiger partial charge is 0.241 e. The van der Waals surface area contributed by atoms with Gasteiger partial charge in [0.1, 0.15) is 5.75 Å². The molecule has 5 heteroatoms. The summed E-state index contributed by atoms with van der Waals surface area (Å²) < 4.78 is 5.32. The van der Waals surface area contributed by atoms with Crippen molar-refractivity contribution in [3.05, 3.63) is 96.2 Å². The van der Waals surface area contributed by atoms with Crippen LogP contribution in [-0.4, -0.2) is 30.6 Å². The lowest BCUT2D eigenvalue weighted by atomic mass is 9.90. The van der Waals surface area contributed by atoms with Crippen molar-refractivity contribution in [2.45, 2.75) is 18.9 Å². The van der Waals surface area contributed by atoms with Gasteiger partial charge in [-0.2, -0.15) is 0 Å². The summed E-state index contributed by atoms with van der Waals surface area (Å²) in [5.41, 5.74) is 4.26. The van der Waals surface area contributed by atoms with E-state index in [0.717, 1.165) is 22.5 Å². The Kier molecular flexibility index (Phi) is 6.34. The Balaban J connectivity index is 1.55. The average Bonchev–Trinajstić information content (AvgIpc) is 3.24. The fraction of sp³-hybridized carbons (Fsp3) is 0.192. The maximum Gasteiger partial charge on any atom is 0.241 e. The minimum atomic E-state index is -0.342. The van der Waals surface area contributed by atoms with Crippen molar-refractivity contribution in [3.63, 3.8) is 0 Å². The minimum Gasteiger partial charge on any atom is -0.497 e. The first-order valence-electron chi connectivity index (χ1n) is 10.4. The molecule has 3 N–H and O–H groups in total. The molecule has 1 amide bonds. The predicted molar refractivity (Wildman–Crippen MR) is 126 cm³/mol. The maximum absolute atomic E-state index is 12.6. The summed E-state index contributed by atoms with van der Waals surface area (Å²) in [4.78, 5) is 16.0. The first kappa shape index (κ1) is 20.7. The Morgan fingerprint density at radius 2 is 1.68 bits per heavy atom. The van der Waals surface area contributed by atoms with Gasteiger partial charge in [0, 0.05) is 35.2 Å². The molecule has 0 radical (unpaired) electrons.